The lowest BCUT2D eigenvalue weighted by molar-refractivity contribution is -0.123. The van der Waals surface area contributed by atoms with E-state index in [-0.39, 0.29) is 24.9 Å². The Labute approximate surface area is 133 Å². The molecule has 0 radical (unpaired) electrons. The molecule has 4 nitrogen and oxygen atoms in total. The highest BCUT2D eigenvalue weighted by molar-refractivity contribution is 5.85. The van der Waals surface area contributed by atoms with Crippen LogP contribution in [-0.4, -0.2) is 25.6 Å². The largest absolute Gasteiger partial charge is 0.483 e. The van der Waals surface area contributed by atoms with Crippen LogP contribution in [0.2, 0.25) is 0 Å². The van der Waals surface area contributed by atoms with Crippen molar-refractivity contribution in [2.75, 3.05) is 19.7 Å². The van der Waals surface area contributed by atoms with E-state index in [0.29, 0.717) is 19.0 Å². The summed E-state index contributed by atoms with van der Waals surface area (Å²) in [6, 6.07) is 6.11. The summed E-state index contributed by atoms with van der Waals surface area (Å²) in [6.07, 6.45) is 1.83. The topological polar surface area (TPSA) is 64.3 Å². The van der Waals surface area contributed by atoms with Crippen molar-refractivity contribution in [1.29, 1.82) is 0 Å². The van der Waals surface area contributed by atoms with Crippen LogP contribution in [0, 0.1) is 6.92 Å². The predicted octanol–water partition coefficient (Wildman–Crippen LogP) is 2.77. The number of carbonyl (C=O) groups is 1. The zero-order chi connectivity index (χ0) is 15.0. The van der Waals surface area contributed by atoms with Crippen LogP contribution < -0.4 is 15.8 Å². The SMILES string of the molecule is Cc1ccc(C(C)C)c(OCC(=O)NCCCCN)c1.Cl. The second-order valence-corrected chi connectivity index (χ2v) is 5.33. The van der Waals surface area contributed by atoms with Crippen LogP contribution in [0.3, 0.4) is 0 Å². The molecule has 0 aromatic heterocycles. The first-order valence-electron chi connectivity index (χ1n) is 7.24. The standard InChI is InChI=1S/C16H26N2O2.ClH/c1-12(2)14-7-6-13(3)10-15(14)20-11-16(19)18-9-5-4-8-17;/h6-7,10,12H,4-5,8-9,11,17H2,1-3H3,(H,18,19);1H. The highest BCUT2D eigenvalue weighted by atomic mass is 35.5. The minimum absolute atomic E-state index is 0. The van der Waals surface area contributed by atoms with Gasteiger partial charge in [-0.3, -0.25) is 4.79 Å². The molecule has 0 atom stereocenters. The molecule has 5 heteroatoms. The fourth-order valence-corrected chi connectivity index (χ4v) is 1.94. The average Bonchev–Trinajstić information content (AvgIpc) is 2.41. The van der Waals surface area contributed by atoms with Gasteiger partial charge in [0, 0.05) is 6.54 Å². The molecule has 0 aliphatic rings. The molecule has 21 heavy (non-hydrogen) atoms. The van der Waals surface area contributed by atoms with Gasteiger partial charge in [0.05, 0.1) is 0 Å². The Morgan fingerprint density at radius 2 is 2.05 bits per heavy atom. The van der Waals surface area contributed by atoms with Gasteiger partial charge in [-0.1, -0.05) is 26.0 Å². The number of ether oxygens (including phenoxy) is 1. The van der Waals surface area contributed by atoms with E-state index in [1.165, 1.54) is 0 Å². The van der Waals surface area contributed by atoms with Crippen molar-refractivity contribution in [3.05, 3.63) is 29.3 Å². The van der Waals surface area contributed by atoms with Crippen molar-refractivity contribution in [3.63, 3.8) is 0 Å². The first-order valence-corrected chi connectivity index (χ1v) is 7.24. The van der Waals surface area contributed by atoms with E-state index >= 15 is 0 Å². The maximum Gasteiger partial charge on any atom is 0.257 e. The quantitative estimate of drug-likeness (QED) is 0.725. The average molecular weight is 315 g/mol. The molecule has 3 N–H and O–H groups in total. The highest BCUT2D eigenvalue weighted by Gasteiger charge is 2.09. The van der Waals surface area contributed by atoms with Crippen LogP contribution in [0.4, 0.5) is 0 Å². The smallest absolute Gasteiger partial charge is 0.257 e. The lowest BCUT2D eigenvalue weighted by Gasteiger charge is -2.14. The molecule has 1 rings (SSSR count). The number of nitrogens with one attached hydrogen (secondary N) is 1. The van der Waals surface area contributed by atoms with Crippen molar-refractivity contribution >= 4 is 18.3 Å². The summed E-state index contributed by atoms with van der Waals surface area (Å²) in [7, 11) is 0. The third kappa shape index (κ3) is 7.34. The molecule has 0 aliphatic carbocycles. The number of amides is 1. The molecule has 0 unspecified atom stereocenters. The maximum absolute atomic E-state index is 11.7. The van der Waals surface area contributed by atoms with Gasteiger partial charge in [-0.25, -0.2) is 0 Å². The van der Waals surface area contributed by atoms with Gasteiger partial charge >= 0.3 is 0 Å². The second-order valence-electron chi connectivity index (χ2n) is 5.33. The second kappa shape index (κ2) is 10.5. The molecule has 1 amide bonds. The van der Waals surface area contributed by atoms with Gasteiger partial charge in [0.1, 0.15) is 5.75 Å². The summed E-state index contributed by atoms with van der Waals surface area (Å²) in [6.45, 7) is 7.63. The normalized spacial score (nSPS) is 10.1. The first-order chi connectivity index (χ1) is 9.54. The number of benzene rings is 1. The molecule has 1 aromatic carbocycles. The van der Waals surface area contributed by atoms with E-state index in [9.17, 15) is 4.79 Å². The Kier molecular flexibility index (Phi) is 9.84. The van der Waals surface area contributed by atoms with E-state index in [1.807, 2.05) is 13.0 Å². The third-order valence-electron chi connectivity index (χ3n) is 3.10. The Hall–Kier alpha value is -1.26. The molecule has 0 heterocycles. The van der Waals surface area contributed by atoms with Gasteiger partial charge in [0.2, 0.25) is 0 Å². The van der Waals surface area contributed by atoms with Crippen molar-refractivity contribution in [3.8, 4) is 5.75 Å². The molecule has 120 valence electrons. The monoisotopic (exact) mass is 314 g/mol. The molecule has 0 aliphatic heterocycles. The van der Waals surface area contributed by atoms with Gasteiger partial charge in [-0.05, 0) is 49.4 Å². The number of halogens is 1. The zero-order valence-electron chi connectivity index (χ0n) is 13.1. The molecule has 0 spiro atoms. The number of hydrogen-bond donors (Lipinski definition) is 2. The fraction of sp³-hybridized carbons (Fsp3) is 0.562. The van der Waals surface area contributed by atoms with Gasteiger partial charge in [0.15, 0.2) is 6.61 Å². The lowest BCUT2D eigenvalue weighted by atomic mass is 10.0. The molecule has 0 saturated heterocycles. The number of hydrogen-bond acceptors (Lipinski definition) is 3. The van der Waals surface area contributed by atoms with Gasteiger partial charge in [-0.2, -0.15) is 0 Å². The summed E-state index contributed by atoms with van der Waals surface area (Å²) in [4.78, 5) is 11.7. The van der Waals surface area contributed by atoms with E-state index in [0.717, 1.165) is 29.7 Å². The van der Waals surface area contributed by atoms with E-state index in [2.05, 4.69) is 31.3 Å². The van der Waals surface area contributed by atoms with E-state index < -0.39 is 0 Å². The molecule has 0 bridgehead atoms. The van der Waals surface area contributed by atoms with Crippen molar-refractivity contribution in [2.24, 2.45) is 5.73 Å². The van der Waals surface area contributed by atoms with Crippen molar-refractivity contribution in [1.82, 2.24) is 5.32 Å². The number of unbranched alkanes of at least 4 members (excludes halogenated alkanes) is 1. The molecular formula is C16H27ClN2O2. The zero-order valence-corrected chi connectivity index (χ0v) is 14.0. The number of rotatable bonds is 8. The van der Waals surface area contributed by atoms with Crippen LogP contribution in [0.1, 0.15) is 43.7 Å². The summed E-state index contributed by atoms with van der Waals surface area (Å²) in [5.41, 5.74) is 7.66. The summed E-state index contributed by atoms with van der Waals surface area (Å²) in [5, 5.41) is 2.83. The van der Waals surface area contributed by atoms with Crippen LogP contribution >= 0.6 is 12.4 Å². The van der Waals surface area contributed by atoms with Gasteiger partial charge in [0.25, 0.3) is 5.91 Å². The summed E-state index contributed by atoms with van der Waals surface area (Å²) < 4.78 is 5.66. The number of aryl methyl sites for hydroxylation is 1. The summed E-state index contributed by atoms with van der Waals surface area (Å²) >= 11 is 0. The Morgan fingerprint density at radius 3 is 2.67 bits per heavy atom. The predicted molar refractivity (Wildman–Crippen MR) is 89.3 cm³/mol. The first kappa shape index (κ1) is 19.7. The highest BCUT2D eigenvalue weighted by Crippen LogP contribution is 2.27. The van der Waals surface area contributed by atoms with Crippen LogP contribution in [-0.2, 0) is 4.79 Å². The minimum Gasteiger partial charge on any atom is -0.483 e. The molecule has 0 fully saturated rings. The Morgan fingerprint density at radius 1 is 1.33 bits per heavy atom. The maximum atomic E-state index is 11.7. The minimum atomic E-state index is -0.0850. The van der Waals surface area contributed by atoms with Crippen LogP contribution in [0.25, 0.3) is 0 Å². The molecular weight excluding hydrogens is 288 g/mol. The summed E-state index contributed by atoms with van der Waals surface area (Å²) in [5.74, 6) is 1.09. The Bertz CT molecular complexity index is 436. The lowest BCUT2D eigenvalue weighted by Crippen LogP contribution is -2.30. The number of carbonyl (C=O) groups excluding carboxylic acids is 1. The third-order valence-corrected chi connectivity index (χ3v) is 3.10. The van der Waals surface area contributed by atoms with Crippen LogP contribution in [0.5, 0.6) is 5.75 Å². The Balaban J connectivity index is 0.00000400. The van der Waals surface area contributed by atoms with Crippen molar-refractivity contribution < 1.29 is 9.53 Å². The molecule has 1 aromatic rings. The van der Waals surface area contributed by atoms with Crippen molar-refractivity contribution in [2.45, 2.75) is 39.5 Å². The molecule has 0 saturated carbocycles. The van der Waals surface area contributed by atoms with E-state index in [1.54, 1.807) is 0 Å². The van der Waals surface area contributed by atoms with Gasteiger partial charge in [-0.15, -0.1) is 12.4 Å². The van der Waals surface area contributed by atoms with E-state index in [4.69, 9.17) is 10.5 Å². The van der Waals surface area contributed by atoms with Crippen LogP contribution in [0.15, 0.2) is 18.2 Å². The fourth-order valence-electron chi connectivity index (χ4n) is 1.94. The van der Waals surface area contributed by atoms with Gasteiger partial charge < -0.3 is 15.8 Å². The number of nitrogens with two attached hydrogens (primary N) is 1.